The second-order valence-electron chi connectivity index (χ2n) is 6.29. The van der Waals surface area contributed by atoms with Crippen molar-refractivity contribution < 1.29 is 18.7 Å². The fraction of sp³-hybridized carbons (Fsp3) is 0.200. The van der Waals surface area contributed by atoms with Gasteiger partial charge in [-0.2, -0.15) is 0 Å². The lowest BCUT2D eigenvalue weighted by Gasteiger charge is -2.15. The van der Waals surface area contributed by atoms with Gasteiger partial charge < -0.3 is 9.72 Å². The van der Waals surface area contributed by atoms with E-state index >= 15 is 0 Å². The SMILES string of the molecule is Cc1[nH]c2ccc(C(=O)NNC(=O)[C@H](C)Oc3ccc(F)cc3)cc2c1C. The van der Waals surface area contributed by atoms with E-state index in [-0.39, 0.29) is 0 Å². The van der Waals surface area contributed by atoms with Gasteiger partial charge in [-0.15, -0.1) is 0 Å². The largest absolute Gasteiger partial charge is 0.481 e. The lowest BCUT2D eigenvalue weighted by molar-refractivity contribution is -0.128. The third-order valence-corrected chi connectivity index (χ3v) is 4.37. The van der Waals surface area contributed by atoms with Crippen LogP contribution in [0.5, 0.6) is 5.75 Å². The van der Waals surface area contributed by atoms with E-state index in [9.17, 15) is 14.0 Å². The Kier molecular flexibility index (Phi) is 5.12. The van der Waals surface area contributed by atoms with Crippen LogP contribution < -0.4 is 15.6 Å². The molecule has 0 bridgehead atoms. The number of H-pyrrole nitrogens is 1. The predicted octanol–water partition coefficient (Wildman–Crippen LogP) is 3.15. The van der Waals surface area contributed by atoms with E-state index in [1.807, 2.05) is 19.9 Å². The van der Waals surface area contributed by atoms with Crippen LogP contribution in [-0.4, -0.2) is 22.9 Å². The fourth-order valence-corrected chi connectivity index (χ4v) is 2.67. The van der Waals surface area contributed by atoms with Crippen LogP contribution in [0.25, 0.3) is 10.9 Å². The van der Waals surface area contributed by atoms with Crippen LogP contribution in [0.2, 0.25) is 0 Å². The molecule has 1 heterocycles. The summed E-state index contributed by atoms with van der Waals surface area (Å²) in [5, 5.41) is 0.958. The molecule has 0 aliphatic heterocycles. The molecule has 3 aromatic rings. The Morgan fingerprint density at radius 2 is 1.78 bits per heavy atom. The summed E-state index contributed by atoms with van der Waals surface area (Å²) in [4.78, 5) is 27.6. The molecule has 6 nitrogen and oxygen atoms in total. The van der Waals surface area contributed by atoms with Gasteiger partial charge in [-0.1, -0.05) is 0 Å². The number of benzene rings is 2. The van der Waals surface area contributed by atoms with Crippen molar-refractivity contribution in [3.05, 3.63) is 65.1 Å². The molecule has 7 heteroatoms. The Morgan fingerprint density at radius 3 is 2.48 bits per heavy atom. The summed E-state index contributed by atoms with van der Waals surface area (Å²) in [6.45, 7) is 5.48. The molecule has 27 heavy (non-hydrogen) atoms. The van der Waals surface area contributed by atoms with Gasteiger partial charge >= 0.3 is 0 Å². The summed E-state index contributed by atoms with van der Waals surface area (Å²) in [6.07, 6.45) is -0.868. The number of aromatic amines is 1. The number of aromatic nitrogens is 1. The van der Waals surface area contributed by atoms with Crippen LogP contribution in [0.3, 0.4) is 0 Å². The third kappa shape index (κ3) is 4.08. The van der Waals surface area contributed by atoms with Gasteiger partial charge in [-0.3, -0.25) is 20.4 Å². The van der Waals surface area contributed by atoms with Crippen molar-refractivity contribution in [3.63, 3.8) is 0 Å². The summed E-state index contributed by atoms with van der Waals surface area (Å²) in [6, 6.07) is 10.6. The molecule has 0 spiro atoms. The van der Waals surface area contributed by atoms with E-state index in [1.165, 1.54) is 31.2 Å². The summed E-state index contributed by atoms with van der Waals surface area (Å²) in [5.74, 6) is -0.995. The molecular weight excluding hydrogens is 349 g/mol. The maximum Gasteiger partial charge on any atom is 0.279 e. The average molecular weight is 369 g/mol. The number of carbonyl (C=O) groups is 2. The molecule has 2 aromatic carbocycles. The topological polar surface area (TPSA) is 83.2 Å². The minimum Gasteiger partial charge on any atom is -0.481 e. The smallest absolute Gasteiger partial charge is 0.279 e. The molecule has 1 aromatic heterocycles. The number of ether oxygens (including phenoxy) is 1. The standard InChI is InChI=1S/C20H20FN3O3/c1-11-12(2)22-18-9-4-14(10-17(11)18)20(26)24-23-19(25)13(3)27-16-7-5-15(21)6-8-16/h4-10,13,22H,1-3H3,(H,23,25)(H,24,26)/t13-/m0/s1. The van der Waals surface area contributed by atoms with Gasteiger partial charge in [0.05, 0.1) is 0 Å². The first-order valence-corrected chi connectivity index (χ1v) is 8.46. The van der Waals surface area contributed by atoms with Crippen LogP contribution in [0, 0.1) is 19.7 Å². The fourth-order valence-electron chi connectivity index (χ4n) is 2.67. The molecule has 3 rings (SSSR count). The molecule has 0 radical (unpaired) electrons. The van der Waals surface area contributed by atoms with Crippen LogP contribution in [0.15, 0.2) is 42.5 Å². The lowest BCUT2D eigenvalue weighted by Crippen LogP contribution is -2.47. The maximum absolute atomic E-state index is 12.9. The first-order valence-electron chi connectivity index (χ1n) is 8.46. The normalized spacial score (nSPS) is 11.9. The van der Waals surface area contributed by atoms with E-state index in [0.29, 0.717) is 11.3 Å². The van der Waals surface area contributed by atoms with Crippen molar-refractivity contribution in [2.75, 3.05) is 0 Å². The zero-order valence-electron chi connectivity index (χ0n) is 15.2. The van der Waals surface area contributed by atoms with Crippen molar-refractivity contribution in [1.29, 1.82) is 0 Å². The Labute approximate surface area is 155 Å². The Balaban J connectivity index is 1.60. The maximum atomic E-state index is 12.9. The van der Waals surface area contributed by atoms with Crippen LogP contribution in [-0.2, 0) is 4.79 Å². The average Bonchev–Trinajstić information content (AvgIpc) is 2.94. The molecule has 0 saturated carbocycles. The predicted molar refractivity (Wildman–Crippen MR) is 99.9 cm³/mol. The van der Waals surface area contributed by atoms with Gasteiger partial charge in [-0.05, 0) is 68.8 Å². The van der Waals surface area contributed by atoms with E-state index in [1.54, 1.807) is 12.1 Å². The molecule has 0 aliphatic rings. The highest BCUT2D eigenvalue weighted by Crippen LogP contribution is 2.22. The number of halogens is 1. The molecule has 0 fully saturated rings. The van der Waals surface area contributed by atoms with E-state index in [0.717, 1.165) is 22.2 Å². The Morgan fingerprint density at radius 1 is 1.07 bits per heavy atom. The number of hydrazine groups is 1. The Bertz CT molecular complexity index is 996. The highest BCUT2D eigenvalue weighted by Gasteiger charge is 2.16. The van der Waals surface area contributed by atoms with Gasteiger partial charge in [0.25, 0.3) is 11.8 Å². The summed E-state index contributed by atoms with van der Waals surface area (Å²) in [5.41, 5.74) is 8.21. The number of fused-ring (bicyclic) bond motifs is 1. The highest BCUT2D eigenvalue weighted by molar-refractivity contribution is 5.99. The number of aryl methyl sites for hydroxylation is 2. The van der Waals surface area contributed by atoms with Crippen molar-refractivity contribution >= 4 is 22.7 Å². The van der Waals surface area contributed by atoms with Crippen molar-refractivity contribution in [2.45, 2.75) is 26.9 Å². The molecule has 0 aliphatic carbocycles. The van der Waals surface area contributed by atoms with Crippen molar-refractivity contribution in [2.24, 2.45) is 0 Å². The monoisotopic (exact) mass is 369 g/mol. The number of hydrogen-bond donors (Lipinski definition) is 3. The zero-order chi connectivity index (χ0) is 19.6. The van der Waals surface area contributed by atoms with Gasteiger partial charge in [-0.25, -0.2) is 4.39 Å². The first-order chi connectivity index (χ1) is 12.8. The molecule has 2 amide bonds. The molecule has 3 N–H and O–H groups in total. The highest BCUT2D eigenvalue weighted by atomic mass is 19.1. The van der Waals surface area contributed by atoms with Crippen molar-refractivity contribution in [1.82, 2.24) is 15.8 Å². The van der Waals surface area contributed by atoms with E-state index in [2.05, 4.69) is 15.8 Å². The van der Waals surface area contributed by atoms with Gasteiger partial charge in [0.2, 0.25) is 0 Å². The number of carbonyl (C=O) groups excluding carboxylic acids is 2. The second-order valence-corrected chi connectivity index (χ2v) is 6.29. The molecule has 140 valence electrons. The number of nitrogens with one attached hydrogen (secondary N) is 3. The van der Waals surface area contributed by atoms with Crippen molar-refractivity contribution in [3.8, 4) is 5.75 Å². The minimum atomic E-state index is -0.868. The van der Waals surface area contributed by atoms with E-state index < -0.39 is 23.7 Å². The third-order valence-electron chi connectivity index (χ3n) is 4.37. The minimum absolute atomic E-state index is 0.356. The Hall–Kier alpha value is -3.35. The van der Waals surface area contributed by atoms with Gasteiger partial charge in [0.1, 0.15) is 11.6 Å². The zero-order valence-corrected chi connectivity index (χ0v) is 15.2. The molecule has 0 unspecified atom stereocenters. The van der Waals surface area contributed by atoms with Gasteiger partial charge in [0.15, 0.2) is 6.10 Å². The number of hydrogen-bond acceptors (Lipinski definition) is 3. The number of amides is 2. The molecular formula is C20H20FN3O3. The quantitative estimate of drug-likeness (QED) is 0.618. The van der Waals surface area contributed by atoms with E-state index in [4.69, 9.17) is 4.74 Å². The second kappa shape index (κ2) is 7.49. The summed E-state index contributed by atoms with van der Waals surface area (Å²) < 4.78 is 18.3. The van der Waals surface area contributed by atoms with Crippen LogP contribution in [0.1, 0.15) is 28.5 Å². The summed E-state index contributed by atoms with van der Waals surface area (Å²) in [7, 11) is 0. The van der Waals surface area contributed by atoms with Crippen LogP contribution >= 0.6 is 0 Å². The summed E-state index contributed by atoms with van der Waals surface area (Å²) >= 11 is 0. The lowest BCUT2D eigenvalue weighted by atomic mass is 10.1. The molecule has 1 atom stereocenters. The first kappa shape index (κ1) is 18.4. The number of rotatable bonds is 4. The molecule has 0 saturated heterocycles. The van der Waals surface area contributed by atoms with Gasteiger partial charge in [0, 0.05) is 22.2 Å². The van der Waals surface area contributed by atoms with Crippen LogP contribution in [0.4, 0.5) is 4.39 Å².